The van der Waals surface area contributed by atoms with Gasteiger partial charge in [0.2, 0.25) is 0 Å². The summed E-state index contributed by atoms with van der Waals surface area (Å²) in [6.07, 6.45) is 3.34. The molecular formula is C12H13N3O2. The average molecular weight is 231 g/mol. The number of amides is 1. The molecule has 5 heteroatoms. The van der Waals surface area contributed by atoms with Crippen LogP contribution < -0.4 is 5.32 Å². The molecule has 0 radical (unpaired) electrons. The van der Waals surface area contributed by atoms with Gasteiger partial charge < -0.3 is 10.4 Å². The Balaban J connectivity index is 2.11. The van der Waals surface area contributed by atoms with Crippen LogP contribution in [-0.4, -0.2) is 20.8 Å². The smallest absolute Gasteiger partial charge is 0.255 e. The third kappa shape index (κ3) is 2.63. The summed E-state index contributed by atoms with van der Waals surface area (Å²) >= 11 is 0. The Kier molecular flexibility index (Phi) is 3.09. The Hall–Kier alpha value is -2.30. The van der Waals surface area contributed by atoms with Gasteiger partial charge in [0.15, 0.2) is 0 Å². The van der Waals surface area contributed by atoms with Crippen LogP contribution >= 0.6 is 0 Å². The van der Waals surface area contributed by atoms with Crippen molar-refractivity contribution in [1.82, 2.24) is 9.78 Å². The van der Waals surface area contributed by atoms with E-state index in [1.165, 1.54) is 12.1 Å². The van der Waals surface area contributed by atoms with Gasteiger partial charge in [-0.1, -0.05) is 6.07 Å². The number of aromatic nitrogens is 2. The van der Waals surface area contributed by atoms with E-state index in [0.717, 1.165) is 6.54 Å². The summed E-state index contributed by atoms with van der Waals surface area (Å²) in [5.74, 6) is -0.196. The number of carbonyl (C=O) groups excluding carboxylic acids is 1. The number of benzene rings is 1. The fraction of sp³-hybridized carbons (Fsp3) is 0.167. The maximum Gasteiger partial charge on any atom is 0.255 e. The molecule has 0 fully saturated rings. The number of rotatable bonds is 3. The zero-order chi connectivity index (χ0) is 12.3. The lowest BCUT2D eigenvalue weighted by atomic mass is 10.2. The molecule has 0 aliphatic carbocycles. The van der Waals surface area contributed by atoms with Gasteiger partial charge in [-0.3, -0.25) is 9.48 Å². The van der Waals surface area contributed by atoms with Gasteiger partial charge in [-0.05, 0) is 25.1 Å². The summed E-state index contributed by atoms with van der Waals surface area (Å²) in [5, 5.41) is 16.0. The Labute approximate surface area is 98.7 Å². The summed E-state index contributed by atoms with van der Waals surface area (Å²) in [5.41, 5.74) is 1.05. The molecule has 0 aliphatic rings. The molecule has 5 nitrogen and oxygen atoms in total. The van der Waals surface area contributed by atoms with E-state index in [-0.39, 0.29) is 11.7 Å². The molecule has 1 heterocycles. The van der Waals surface area contributed by atoms with Crippen molar-refractivity contribution >= 4 is 11.6 Å². The molecule has 0 aliphatic heterocycles. The first-order valence-corrected chi connectivity index (χ1v) is 5.32. The molecule has 1 aromatic heterocycles. The van der Waals surface area contributed by atoms with E-state index in [4.69, 9.17) is 0 Å². The van der Waals surface area contributed by atoms with Gasteiger partial charge >= 0.3 is 0 Å². The van der Waals surface area contributed by atoms with Crippen molar-refractivity contribution < 1.29 is 9.90 Å². The number of hydrogen-bond acceptors (Lipinski definition) is 3. The monoisotopic (exact) mass is 231 g/mol. The minimum Gasteiger partial charge on any atom is -0.508 e. The Morgan fingerprint density at radius 1 is 1.53 bits per heavy atom. The Morgan fingerprint density at radius 3 is 3.00 bits per heavy atom. The summed E-state index contributed by atoms with van der Waals surface area (Å²) in [6.45, 7) is 2.72. The number of hydrogen-bond donors (Lipinski definition) is 2. The highest BCUT2D eigenvalue weighted by molar-refractivity contribution is 6.04. The Bertz CT molecular complexity index is 534. The number of carbonyl (C=O) groups is 1. The number of phenolic OH excluding ortho intramolecular Hbond substituents is 1. The number of aryl methyl sites for hydroxylation is 1. The number of nitrogens with zero attached hydrogens (tertiary/aromatic N) is 2. The standard InChI is InChI=1S/C12H13N3O2/c1-2-15-8-10(7-13-15)14-12(17)9-4-3-5-11(16)6-9/h3-8,16H,2H2,1H3,(H,14,17). The molecule has 0 unspecified atom stereocenters. The molecule has 1 aromatic carbocycles. The number of nitrogens with one attached hydrogen (secondary N) is 1. The van der Waals surface area contributed by atoms with Crippen molar-refractivity contribution in [3.8, 4) is 5.75 Å². The minimum atomic E-state index is -0.267. The van der Waals surface area contributed by atoms with Crippen LogP contribution in [0, 0.1) is 0 Å². The molecule has 0 atom stereocenters. The van der Waals surface area contributed by atoms with Gasteiger partial charge in [-0.25, -0.2) is 0 Å². The largest absolute Gasteiger partial charge is 0.508 e. The second kappa shape index (κ2) is 4.69. The quantitative estimate of drug-likeness (QED) is 0.847. The minimum absolute atomic E-state index is 0.0712. The van der Waals surface area contributed by atoms with E-state index in [0.29, 0.717) is 11.3 Å². The van der Waals surface area contributed by atoms with Crippen molar-refractivity contribution in [3.05, 3.63) is 42.2 Å². The van der Waals surface area contributed by atoms with Gasteiger partial charge in [-0.2, -0.15) is 5.10 Å². The van der Waals surface area contributed by atoms with Crippen LogP contribution in [0.5, 0.6) is 5.75 Å². The van der Waals surface area contributed by atoms with Crippen molar-refractivity contribution in [3.63, 3.8) is 0 Å². The molecule has 0 spiro atoms. The van der Waals surface area contributed by atoms with E-state index in [1.807, 2.05) is 6.92 Å². The first-order valence-electron chi connectivity index (χ1n) is 5.32. The fourth-order valence-electron chi connectivity index (χ4n) is 1.45. The molecule has 1 amide bonds. The van der Waals surface area contributed by atoms with Gasteiger partial charge in [0.05, 0.1) is 11.9 Å². The van der Waals surface area contributed by atoms with Crippen molar-refractivity contribution in [2.45, 2.75) is 13.5 Å². The fourth-order valence-corrected chi connectivity index (χ4v) is 1.45. The second-order valence-electron chi connectivity index (χ2n) is 3.59. The van der Waals surface area contributed by atoms with Crippen LogP contribution in [0.25, 0.3) is 0 Å². The van der Waals surface area contributed by atoms with Gasteiger partial charge in [0.25, 0.3) is 5.91 Å². The number of aromatic hydroxyl groups is 1. The van der Waals surface area contributed by atoms with Crippen LogP contribution in [0.3, 0.4) is 0 Å². The highest BCUT2D eigenvalue weighted by atomic mass is 16.3. The van der Waals surface area contributed by atoms with Crippen LogP contribution in [0.4, 0.5) is 5.69 Å². The molecule has 2 N–H and O–H groups in total. The SMILES string of the molecule is CCn1cc(NC(=O)c2cccc(O)c2)cn1. The predicted molar refractivity (Wildman–Crippen MR) is 64.0 cm³/mol. The van der Waals surface area contributed by atoms with Crippen molar-refractivity contribution in [1.29, 1.82) is 0 Å². The molecular weight excluding hydrogens is 218 g/mol. The number of phenols is 1. The first-order chi connectivity index (χ1) is 8.19. The van der Waals surface area contributed by atoms with Gasteiger partial charge in [0, 0.05) is 18.3 Å². The van der Waals surface area contributed by atoms with Crippen molar-refractivity contribution in [2.75, 3.05) is 5.32 Å². The van der Waals surface area contributed by atoms with Crippen LogP contribution in [0.1, 0.15) is 17.3 Å². The topological polar surface area (TPSA) is 67.2 Å². The summed E-state index contributed by atoms with van der Waals surface area (Å²) in [6, 6.07) is 6.20. The van der Waals surface area contributed by atoms with E-state index >= 15 is 0 Å². The van der Waals surface area contributed by atoms with Gasteiger partial charge in [-0.15, -0.1) is 0 Å². The first kappa shape index (κ1) is 11.2. The lowest BCUT2D eigenvalue weighted by molar-refractivity contribution is 0.102. The second-order valence-corrected chi connectivity index (χ2v) is 3.59. The summed E-state index contributed by atoms with van der Waals surface area (Å²) in [7, 11) is 0. The van der Waals surface area contributed by atoms with Crippen LogP contribution in [0.15, 0.2) is 36.7 Å². The lowest BCUT2D eigenvalue weighted by Gasteiger charge is -2.02. The van der Waals surface area contributed by atoms with Crippen LogP contribution in [0.2, 0.25) is 0 Å². The molecule has 88 valence electrons. The molecule has 0 saturated carbocycles. The highest BCUT2D eigenvalue weighted by Gasteiger charge is 2.07. The Morgan fingerprint density at radius 2 is 2.35 bits per heavy atom. The highest BCUT2D eigenvalue weighted by Crippen LogP contribution is 2.13. The third-order valence-corrected chi connectivity index (χ3v) is 2.32. The number of anilines is 1. The molecule has 17 heavy (non-hydrogen) atoms. The maximum atomic E-state index is 11.8. The van der Waals surface area contributed by atoms with E-state index < -0.39 is 0 Å². The van der Waals surface area contributed by atoms with E-state index in [9.17, 15) is 9.90 Å². The maximum absolute atomic E-state index is 11.8. The predicted octanol–water partition coefficient (Wildman–Crippen LogP) is 1.86. The third-order valence-electron chi connectivity index (χ3n) is 2.32. The van der Waals surface area contributed by atoms with Crippen LogP contribution in [-0.2, 0) is 6.54 Å². The summed E-state index contributed by atoms with van der Waals surface area (Å²) < 4.78 is 1.72. The zero-order valence-corrected chi connectivity index (χ0v) is 9.42. The molecule has 0 saturated heterocycles. The molecule has 0 bridgehead atoms. The average Bonchev–Trinajstić information content (AvgIpc) is 2.77. The van der Waals surface area contributed by atoms with E-state index in [1.54, 1.807) is 29.2 Å². The molecule has 2 aromatic rings. The normalized spacial score (nSPS) is 10.2. The summed E-state index contributed by atoms with van der Waals surface area (Å²) in [4.78, 5) is 11.8. The molecule has 2 rings (SSSR count). The lowest BCUT2D eigenvalue weighted by Crippen LogP contribution is -2.11. The van der Waals surface area contributed by atoms with Gasteiger partial charge in [0.1, 0.15) is 5.75 Å². The van der Waals surface area contributed by atoms with Crippen molar-refractivity contribution in [2.24, 2.45) is 0 Å². The zero-order valence-electron chi connectivity index (χ0n) is 9.42. The van der Waals surface area contributed by atoms with E-state index in [2.05, 4.69) is 10.4 Å².